The minimum atomic E-state index is -3.47. The number of benzene rings is 1. The van der Waals surface area contributed by atoms with Gasteiger partial charge in [-0.15, -0.1) is 0 Å². The van der Waals surface area contributed by atoms with Gasteiger partial charge in [-0.1, -0.05) is 37.6 Å². The van der Waals surface area contributed by atoms with Gasteiger partial charge in [0, 0.05) is 25.8 Å². The molecule has 0 fully saturated rings. The Morgan fingerprint density at radius 3 is 2.28 bits per heavy atom. The van der Waals surface area contributed by atoms with Crippen LogP contribution in [-0.2, 0) is 16.6 Å². The lowest BCUT2D eigenvalue weighted by Gasteiger charge is -2.18. The van der Waals surface area contributed by atoms with Crippen molar-refractivity contribution in [2.24, 2.45) is 0 Å². The van der Waals surface area contributed by atoms with E-state index in [9.17, 15) is 13.2 Å². The van der Waals surface area contributed by atoms with Crippen LogP contribution in [0.4, 0.5) is 0 Å². The molecule has 2 rings (SSSR count). The number of nitrogens with one attached hydrogen (secondary N) is 1. The van der Waals surface area contributed by atoms with Crippen molar-refractivity contribution in [2.45, 2.75) is 25.3 Å². The van der Waals surface area contributed by atoms with E-state index in [2.05, 4.69) is 10.3 Å². The van der Waals surface area contributed by atoms with Crippen molar-refractivity contribution in [1.82, 2.24) is 14.6 Å². The van der Waals surface area contributed by atoms with E-state index in [0.29, 0.717) is 23.8 Å². The first-order valence-corrected chi connectivity index (χ1v) is 9.69. The molecule has 0 bridgehead atoms. The monoisotopic (exact) mass is 381 g/mol. The Bertz CT molecular complexity index is 817. The second-order valence-electron chi connectivity index (χ2n) is 5.29. The Balaban J connectivity index is 2.03. The van der Waals surface area contributed by atoms with E-state index in [1.165, 1.54) is 10.5 Å². The number of hydrogen-bond acceptors (Lipinski definition) is 4. The first kappa shape index (κ1) is 19.4. The van der Waals surface area contributed by atoms with Gasteiger partial charge in [-0.3, -0.25) is 4.79 Å². The molecule has 0 aliphatic rings. The molecular weight excluding hydrogens is 362 g/mol. The zero-order valence-corrected chi connectivity index (χ0v) is 15.6. The molecule has 1 amide bonds. The fourth-order valence-corrected chi connectivity index (χ4v) is 3.86. The van der Waals surface area contributed by atoms with Gasteiger partial charge in [-0.25, -0.2) is 13.4 Å². The lowest BCUT2D eigenvalue weighted by atomic mass is 10.2. The SMILES string of the molecule is CCN(CC)S(=O)(=O)c1ccc(CNC(=O)c2ccc(Cl)nc2)cc1. The number of carbonyl (C=O) groups is 1. The number of sulfonamides is 1. The number of nitrogens with zero attached hydrogens (tertiary/aromatic N) is 2. The van der Waals surface area contributed by atoms with E-state index >= 15 is 0 Å². The Morgan fingerprint density at radius 2 is 1.76 bits per heavy atom. The van der Waals surface area contributed by atoms with Crippen molar-refractivity contribution in [3.05, 3.63) is 58.9 Å². The minimum absolute atomic E-state index is 0.244. The quantitative estimate of drug-likeness (QED) is 0.748. The highest BCUT2D eigenvalue weighted by Crippen LogP contribution is 2.16. The zero-order chi connectivity index (χ0) is 18.4. The lowest BCUT2D eigenvalue weighted by molar-refractivity contribution is 0.0950. The average molecular weight is 382 g/mol. The number of rotatable bonds is 7. The van der Waals surface area contributed by atoms with Gasteiger partial charge >= 0.3 is 0 Å². The molecule has 2 aromatic rings. The molecule has 0 unspecified atom stereocenters. The molecule has 1 N–H and O–H groups in total. The molecule has 25 heavy (non-hydrogen) atoms. The van der Waals surface area contributed by atoms with Crippen LogP contribution >= 0.6 is 11.6 Å². The standard InChI is InChI=1S/C17H20ClN3O3S/c1-3-21(4-2)25(23,24)15-8-5-13(6-9-15)11-20-17(22)14-7-10-16(18)19-12-14/h5-10,12H,3-4,11H2,1-2H3,(H,20,22). The molecule has 0 atom stereocenters. The van der Waals surface area contributed by atoms with Crippen molar-refractivity contribution >= 4 is 27.5 Å². The van der Waals surface area contributed by atoms with Gasteiger partial charge in [0.1, 0.15) is 5.15 Å². The van der Waals surface area contributed by atoms with Crippen LogP contribution in [0, 0.1) is 0 Å². The summed E-state index contributed by atoms with van der Waals surface area (Å²) in [7, 11) is -3.47. The van der Waals surface area contributed by atoms with Crippen LogP contribution in [0.1, 0.15) is 29.8 Å². The van der Waals surface area contributed by atoms with Gasteiger partial charge < -0.3 is 5.32 Å². The number of aromatic nitrogens is 1. The summed E-state index contributed by atoms with van der Waals surface area (Å²) in [5.41, 5.74) is 1.21. The largest absolute Gasteiger partial charge is 0.348 e. The number of carbonyl (C=O) groups excluding carboxylic acids is 1. The molecule has 0 saturated heterocycles. The first-order chi connectivity index (χ1) is 11.9. The van der Waals surface area contributed by atoms with Gasteiger partial charge in [0.25, 0.3) is 5.91 Å². The minimum Gasteiger partial charge on any atom is -0.348 e. The number of pyridine rings is 1. The molecule has 134 valence electrons. The second kappa shape index (κ2) is 8.42. The van der Waals surface area contributed by atoms with E-state index < -0.39 is 10.0 Å². The Labute approximate surface area is 152 Å². The van der Waals surface area contributed by atoms with E-state index in [0.717, 1.165) is 5.56 Å². The third-order valence-corrected chi connectivity index (χ3v) is 6.00. The summed E-state index contributed by atoms with van der Waals surface area (Å²) < 4.78 is 26.2. The predicted molar refractivity (Wildman–Crippen MR) is 97.0 cm³/mol. The van der Waals surface area contributed by atoms with Crippen molar-refractivity contribution in [3.8, 4) is 0 Å². The highest BCUT2D eigenvalue weighted by atomic mass is 35.5. The lowest BCUT2D eigenvalue weighted by Crippen LogP contribution is -2.30. The fourth-order valence-electron chi connectivity index (χ4n) is 2.29. The van der Waals surface area contributed by atoms with Gasteiger partial charge in [-0.2, -0.15) is 4.31 Å². The molecule has 6 nitrogen and oxygen atoms in total. The summed E-state index contributed by atoms with van der Waals surface area (Å²) in [4.78, 5) is 16.1. The molecule has 0 spiro atoms. The van der Waals surface area contributed by atoms with Crippen LogP contribution in [-0.4, -0.2) is 36.7 Å². The number of halogens is 1. The Kier molecular flexibility index (Phi) is 6.52. The third-order valence-electron chi connectivity index (χ3n) is 3.71. The molecule has 0 radical (unpaired) electrons. The Hall–Kier alpha value is -1.96. The molecule has 1 aromatic carbocycles. The van der Waals surface area contributed by atoms with Crippen LogP contribution < -0.4 is 5.32 Å². The van der Waals surface area contributed by atoms with Gasteiger partial charge in [0.05, 0.1) is 10.5 Å². The summed E-state index contributed by atoms with van der Waals surface area (Å²) >= 11 is 5.69. The van der Waals surface area contributed by atoms with E-state index in [4.69, 9.17) is 11.6 Å². The highest BCUT2D eigenvalue weighted by molar-refractivity contribution is 7.89. The van der Waals surface area contributed by atoms with Crippen molar-refractivity contribution in [1.29, 1.82) is 0 Å². The van der Waals surface area contributed by atoms with E-state index in [1.54, 1.807) is 50.2 Å². The topological polar surface area (TPSA) is 79.4 Å². The summed E-state index contributed by atoms with van der Waals surface area (Å²) in [6.45, 7) is 4.73. The van der Waals surface area contributed by atoms with Crippen molar-refractivity contribution in [2.75, 3.05) is 13.1 Å². The smallest absolute Gasteiger partial charge is 0.253 e. The number of amides is 1. The maximum absolute atomic E-state index is 12.4. The van der Waals surface area contributed by atoms with Gasteiger partial charge in [0.2, 0.25) is 10.0 Å². The highest BCUT2D eigenvalue weighted by Gasteiger charge is 2.21. The van der Waals surface area contributed by atoms with Crippen molar-refractivity contribution < 1.29 is 13.2 Å². The third kappa shape index (κ3) is 4.78. The fraction of sp³-hybridized carbons (Fsp3) is 0.294. The maximum Gasteiger partial charge on any atom is 0.253 e. The van der Waals surface area contributed by atoms with Crippen LogP contribution in [0.2, 0.25) is 5.15 Å². The Morgan fingerprint density at radius 1 is 1.12 bits per heavy atom. The van der Waals surface area contributed by atoms with E-state index in [-0.39, 0.29) is 17.3 Å². The number of hydrogen-bond donors (Lipinski definition) is 1. The summed E-state index contributed by atoms with van der Waals surface area (Å²) in [6, 6.07) is 9.62. The van der Waals surface area contributed by atoms with Gasteiger partial charge in [-0.05, 0) is 29.8 Å². The zero-order valence-electron chi connectivity index (χ0n) is 14.1. The maximum atomic E-state index is 12.4. The summed E-state index contributed by atoms with van der Waals surface area (Å²) in [6.07, 6.45) is 1.40. The van der Waals surface area contributed by atoms with Crippen LogP contribution in [0.15, 0.2) is 47.5 Å². The molecule has 0 saturated carbocycles. The normalized spacial score (nSPS) is 11.5. The van der Waals surface area contributed by atoms with Crippen LogP contribution in [0.3, 0.4) is 0 Å². The van der Waals surface area contributed by atoms with Crippen LogP contribution in [0.5, 0.6) is 0 Å². The van der Waals surface area contributed by atoms with E-state index in [1.807, 2.05) is 0 Å². The van der Waals surface area contributed by atoms with Crippen molar-refractivity contribution in [3.63, 3.8) is 0 Å². The van der Waals surface area contributed by atoms with Crippen LogP contribution in [0.25, 0.3) is 0 Å². The molecule has 0 aliphatic carbocycles. The predicted octanol–water partition coefficient (Wildman–Crippen LogP) is 2.70. The summed E-state index contributed by atoms with van der Waals surface area (Å²) in [5, 5.41) is 3.08. The molecular formula is C17H20ClN3O3S. The second-order valence-corrected chi connectivity index (χ2v) is 7.61. The average Bonchev–Trinajstić information content (AvgIpc) is 2.61. The molecule has 8 heteroatoms. The van der Waals surface area contributed by atoms with Gasteiger partial charge in [0.15, 0.2) is 0 Å². The molecule has 1 aromatic heterocycles. The molecule has 1 heterocycles. The summed E-state index contributed by atoms with van der Waals surface area (Å²) in [5.74, 6) is -0.274. The molecule has 0 aliphatic heterocycles. The first-order valence-electron chi connectivity index (χ1n) is 7.87.